The van der Waals surface area contributed by atoms with E-state index in [1.165, 1.54) is 0 Å². The minimum atomic E-state index is -1.55. The predicted octanol–water partition coefficient (Wildman–Crippen LogP) is 0.0238. The van der Waals surface area contributed by atoms with Crippen LogP contribution in [0.2, 0.25) is 0 Å². The second kappa shape index (κ2) is 9.02. The molecule has 0 spiro atoms. The Morgan fingerprint density at radius 3 is 2.40 bits per heavy atom. The maximum atomic E-state index is 11.0. The average molecular weight is 305 g/mol. The molecular formula is C13H17ClO6. The summed E-state index contributed by atoms with van der Waals surface area (Å²) in [4.78, 5) is 11.0. The summed E-state index contributed by atoms with van der Waals surface area (Å²) in [6, 6.07) is 9.07. The Kier molecular flexibility index (Phi) is 7.68. The normalized spacial score (nSPS) is 17.2. The number of aliphatic hydroxyl groups excluding tert-OH is 3. The van der Waals surface area contributed by atoms with E-state index in [0.29, 0.717) is 6.29 Å². The summed E-state index contributed by atoms with van der Waals surface area (Å²) in [6.07, 6.45) is -5.09. The van der Waals surface area contributed by atoms with Crippen molar-refractivity contribution >= 4 is 18.2 Å². The van der Waals surface area contributed by atoms with Gasteiger partial charge in [-0.05, 0) is 5.56 Å². The van der Waals surface area contributed by atoms with Crippen molar-refractivity contribution in [2.24, 2.45) is 0 Å². The standard InChI is InChI=1S/C13H17ClO6/c14-20-13(12(18)10(17)6-15)11(7-16)19-8-9-4-2-1-3-5-9/h1-5,7,10-13,15,17-18H,6,8H2/t10-,11+,12-,13-/m1/s1. The van der Waals surface area contributed by atoms with Crippen LogP contribution in [0.3, 0.4) is 0 Å². The van der Waals surface area contributed by atoms with Crippen LogP contribution in [-0.4, -0.2) is 52.6 Å². The van der Waals surface area contributed by atoms with E-state index in [1.54, 1.807) is 12.1 Å². The van der Waals surface area contributed by atoms with E-state index in [-0.39, 0.29) is 6.61 Å². The number of ether oxygens (including phenoxy) is 1. The van der Waals surface area contributed by atoms with Gasteiger partial charge in [-0.2, -0.15) is 0 Å². The summed E-state index contributed by atoms with van der Waals surface area (Å²) in [7, 11) is 0. The lowest BCUT2D eigenvalue weighted by molar-refractivity contribution is -0.142. The van der Waals surface area contributed by atoms with E-state index >= 15 is 0 Å². The molecule has 1 rings (SSSR count). The first-order valence-electron chi connectivity index (χ1n) is 5.99. The predicted molar refractivity (Wildman–Crippen MR) is 70.9 cm³/mol. The topological polar surface area (TPSA) is 96.2 Å². The van der Waals surface area contributed by atoms with E-state index in [4.69, 9.17) is 21.7 Å². The summed E-state index contributed by atoms with van der Waals surface area (Å²) in [5.41, 5.74) is 0.824. The molecule has 0 bridgehead atoms. The maximum absolute atomic E-state index is 11.0. The van der Waals surface area contributed by atoms with Crippen LogP contribution in [0.4, 0.5) is 0 Å². The quantitative estimate of drug-likeness (QED) is 0.557. The molecule has 20 heavy (non-hydrogen) atoms. The third-order valence-corrected chi connectivity index (χ3v) is 2.97. The van der Waals surface area contributed by atoms with Crippen LogP contribution in [0.15, 0.2) is 30.3 Å². The largest absolute Gasteiger partial charge is 0.394 e. The zero-order valence-corrected chi connectivity index (χ0v) is 11.4. The number of carbonyl (C=O) groups excluding carboxylic acids is 1. The second-order valence-corrected chi connectivity index (χ2v) is 4.37. The van der Waals surface area contributed by atoms with Crippen LogP contribution in [0.5, 0.6) is 0 Å². The fraction of sp³-hybridized carbons (Fsp3) is 0.462. The number of halogens is 1. The number of carbonyl (C=O) groups is 1. The molecule has 0 saturated heterocycles. The molecule has 0 aliphatic carbocycles. The first-order valence-corrected chi connectivity index (χ1v) is 6.30. The van der Waals surface area contributed by atoms with Crippen molar-refractivity contribution in [1.82, 2.24) is 0 Å². The molecule has 3 N–H and O–H groups in total. The summed E-state index contributed by atoms with van der Waals surface area (Å²) in [6.45, 7) is -0.578. The second-order valence-electron chi connectivity index (χ2n) is 4.19. The summed E-state index contributed by atoms with van der Waals surface area (Å²) in [5.74, 6) is 0. The Bertz CT molecular complexity index is 388. The zero-order valence-electron chi connectivity index (χ0n) is 10.6. The zero-order chi connectivity index (χ0) is 15.0. The number of hydrogen-bond acceptors (Lipinski definition) is 6. The number of hydrogen-bond donors (Lipinski definition) is 3. The Hall–Kier alpha value is -1.02. The van der Waals surface area contributed by atoms with Gasteiger partial charge in [-0.15, -0.1) is 0 Å². The van der Waals surface area contributed by atoms with Gasteiger partial charge in [-0.1, -0.05) is 30.3 Å². The molecule has 0 unspecified atom stereocenters. The van der Waals surface area contributed by atoms with Gasteiger partial charge in [0.15, 0.2) is 6.29 Å². The van der Waals surface area contributed by atoms with Gasteiger partial charge in [0.1, 0.15) is 24.4 Å². The SMILES string of the molecule is O=C[C@H](OCc1ccccc1)[C@@H](OCl)[C@H](O)[C@H](O)CO. The monoisotopic (exact) mass is 304 g/mol. The van der Waals surface area contributed by atoms with E-state index in [0.717, 1.165) is 5.56 Å². The van der Waals surface area contributed by atoms with E-state index in [1.807, 2.05) is 18.2 Å². The van der Waals surface area contributed by atoms with Crippen molar-refractivity contribution in [3.8, 4) is 0 Å². The number of aldehydes is 1. The van der Waals surface area contributed by atoms with Crippen LogP contribution in [-0.2, 0) is 20.4 Å². The molecular weight excluding hydrogens is 288 g/mol. The third-order valence-electron chi connectivity index (χ3n) is 2.76. The highest BCUT2D eigenvalue weighted by Crippen LogP contribution is 2.14. The van der Waals surface area contributed by atoms with Crippen LogP contribution in [0.25, 0.3) is 0 Å². The molecule has 0 fully saturated rings. The number of rotatable bonds is 9. The van der Waals surface area contributed by atoms with Crippen molar-refractivity contribution < 1.29 is 29.1 Å². The minimum absolute atomic E-state index is 0.114. The molecule has 1 aromatic carbocycles. The minimum Gasteiger partial charge on any atom is -0.394 e. The summed E-state index contributed by atoms with van der Waals surface area (Å²) in [5, 5.41) is 27.8. The molecule has 4 atom stereocenters. The number of benzene rings is 1. The van der Waals surface area contributed by atoms with Crippen molar-refractivity contribution in [2.75, 3.05) is 6.61 Å². The van der Waals surface area contributed by atoms with Crippen LogP contribution in [0.1, 0.15) is 5.56 Å². The van der Waals surface area contributed by atoms with Crippen molar-refractivity contribution in [3.05, 3.63) is 35.9 Å². The highest BCUT2D eigenvalue weighted by atomic mass is 35.5. The fourth-order valence-electron chi connectivity index (χ4n) is 1.60. The van der Waals surface area contributed by atoms with Crippen LogP contribution >= 0.6 is 11.9 Å². The lowest BCUT2D eigenvalue weighted by atomic mass is 10.0. The third kappa shape index (κ3) is 4.82. The molecule has 0 heterocycles. The summed E-state index contributed by atoms with van der Waals surface area (Å²) < 4.78 is 9.79. The van der Waals surface area contributed by atoms with Gasteiger partial charge in [-0.25, -0.2) is 0 Å². The molecule has 0 saturated carbocycles. The van der Waals surface area contributed by atoms with Gasteiger partial charge in [-0.3, -0.25) is 4.29 Å². The Morgan fingerprint density at radius 2 is 1.90 bits per heavy atom. The molecule has 7 heteroatoms. The molecule has 0 aliphatic heterocycles. The fourth-order valence-corrected chi connectivity index (χ4v) is 1.81. The molecule has 0 radical (unpaired) electrons. The van der Waals surface area contributed by atoms with Gasteiger partial charge in [0.2, 0.25) is 0 Å². The average Bonchev–Trinajstić information content (AvgIpc) is 2.51. The van der Waals surface area contributed by atoms with E-state index in [9.17, 15) is 15.0 Å². The van der Waals surface area contributed by atoms with Gasteiger partial charge in [0.05, 0.1) is 25.1 Å². The molecule has 1 aromatic rings. The highest BCUT2D eigenvalue weighted by Gasteiger charge is 2.34. The Labute approximate surface area is 121 Å². The van der Waals surface area contributed by atoms with Gasteiger partial charge >= 0.3 is 0 Å². The maximum Gasteiger partial charge on any atom is 0.151 e. The van der Waals surface area contributed by atoms with Gasteiger partial charge < -0.3 is 24.9 Å². The Balaban J connectivity index is 2.65. The number of aliphatic hydroxyl groups is 3. The molecule has 112 valence electrons. The van der Waals surface area contributed by atoms with Crippen molar-refractivity contribution in [2.45, 2.75) is 31.0 Å². The Morgan fingerprint density at radius 1 is 1.25 bits per heavy atom. The lowest BCUT2D eigenvalue weighted by Gasteiger charge is -2.27. The first kappa shape index (κ1) is 17.0. The first-order chi connectivity index (χ1) is 9.63. The summed E-state index contributed by atoms with van der Waals surface area (Å²) >= 11 is 5.23. The van der Waals surface area contributed by atoms with Crippen molar-refractivity contribution in [1.29, 1.82) is 0 Å². The molecule has 0 amide bonds. The van der Waals surface area contributed by atoms with Crippen LogP contribution in [0, 0.1) is 0 Å². The highest BCUT2D eigenvalue weighted by molar-refractivity contribution is 6.07. The molecule has 6 nitrogen and oxygen atoms in total. The smallest absolute Gasteiger partial charge is 0.151 e. The molecule has 0 aromatic heterocycles. The van der Waals surface area contributed by atoms with Gasteiger partial charge in [0, 0.05) is 0 Å². The van der Waals surface area contributed by atoms with E-state index < -0.39 is 31.0 Å². The van der Waals surface area contributed by atoms with Gasteiger partial charge in [0.25, 0.3) is 0 Å². The molecule has 0 aliphatic rings. The van der Waals surface area contributed by atoms with Crippen LogP contribution < -0.4 is 0 Å². The van der Waals surface area contributed by atoms with Crippen molar-refractivity contribution in [3.63, 3.8) is 0 Å². The lowest BCUT2D eigenvalue weighted by Crippen LogP contribution is -2.47. The van der Waals surface area contributed by atoms with E-state index in [2.05, 4.69) is 4.29 Å².